The van der Waals surface area contributed by atoms with Crippen LogP contribution in [0.5, 0.6) is 0 Å². The molecule has 5 aromatic rings. The van der Waals surface area contributed by atoms with Crippen LogP contribution in [0.2, 0.25) is 16.6 Å². The van der Waals surface area contributed by atoms with Crippen molar-refractivity contribution < 1.29 is 56.6 Å². The highest BCUT2D eigenvalue weighted by molar-refractivity contribution is 6.77. The maximum Gasteiger partial charge on any atom is 0.303 e. The van der Waals surface area contributed by atoms with Gasteiger partial charge in [0, 0.05) is 6.92 Å². The fourth-order valence-corrected chi connectivity index (χ4v) is 16.2. The lowest BCUT2D eigenvalue weighted by Crippen LogP contribution is -2.67. The van der Waals surface area contributed by atoms with Gasteiger partial charge in [-0.05, 0) is 57.3 Å². The summed E-state index contributed by atoms with van der Waals surface area (Å²) in [7, 11) is -2.48. The van der Waals surface area contributed by atoms with E-state index in [0.717, 1.165) is 34.2 Å². The number of carbonyl (C=O) groups is 1. The molecule has 2 saturated heterocycles. The molecular weight excluding hydrogens is 977 g/mol. The van der Waals surface area contributed by atoms with Crippen molar-refractivity contribution in [3.05, 3.63) is 192 Å². The highest BCUT2D eigenvalue weighted by Gasteiger charge is 2.56. The molecule has 0 bridgehead atoms. The Morgan fingerprint density at radius 3 is 1.33 bits per heavy atom. The topological polar surface area (TPSA) is 119 Å². The Morgan fingerprint density at radius 1 is 0.500 bits per heavy atom. The number of hydrogen-bond acceptors (Lipinski definition) is 12. The van der Waals surface area contributed by atoms with Crippen LogP contribution >= 0.6 is 0 Å². The van der Waals surface area contributed by atoms with Gasteiger partial charge < -0.3 is 51.8 Å². The Bertz CT molecular complexity index is 2370. The summed E-state index contributed by atoms with van der Waals surface area (Å²) in [5.74, 6) is -0.552. The number of rotatable bonds is 30. The van der Waals surface area contributed by atoms with Crippen LogP contribution < -0.4 is 0 Å². The van der Waals surface area contributed by atoms with Crippen molar-refractivity contribution in [2.75, 3.05) is 19.8 Å². The summed E-state index contributed by atoms with van der Waals surface area (Å²) in [6.07, 6.45) is -6.04. The molecular formula is C63H82O12Si. The molecule has 0 aromatic heterocycles. The molecule has 0 unspecified atom stereocenters. The van der Waals surface area contributed by atoms with Crippen molar-refractivity contribution in [1.82, 2.24) is 0 Å². The van der Waals surface area contributed by atoms with Crippen LogP contribution in [0, 0.1) is 0 Å². The molecule has 10 atom stereocenters. The predicted octanol–water partition coefficient (Wildman–Crippen LogP) is 12.5. The molecule has 410 valence electrons. The molecule has 2 aliphatic rings. The normalized spacial score (nSPS) is 24.0. The molecule has 0 saturated carbocycles. The Balaban J connectivity index is 1.35. The second-order valence-electron chi connectivity index (χ2n) is 20.7. The van der Waals surface area contributed by atoms with Crippen LogP contribution in [-0.4, -0.2) is 95.5 Å². The summed E-state index contributed by atoms with van der Waals surface area (Å²) in [6.45, 7) is 20.7. The van der Waals surface area contributed by atoms with Gasteiger partial charge >= 0.3 is 5.97 Å². The van der Waals surface area contributed by atoms with Gasteiger partial charge in [-0.25, -0.2) is 0 Å². The molecule has 13 heteroatoms. The minimum Gasteiger partial charge on any atom is -0.454 e. The number of carbonyl (C=O) groups excluding carboxylic acids is 1. The molecule has 12 nitrogen and oxygen atoms in total. The van der Waals surface area contributed by atoms with Gasteiger partial charge in [0.2, 0.25) is 0 Å². The third-order valence-electron chi connectivity index (χ3n) is 14.3. The van der Waals surface area contributed by atoms with E-state index in [9.17, 15) is 4.79 Å². The Labute approximate surface area is 453 Å². The highest BCUT2D eigenvalue weighted by atomic mass is 28.4. The molecule has 0 radical (unpaired) electrons. The van der Waals surface area contributed by atoms with Crippen molar-refractivity contribution in [3.63, 3.8) is 0 Å². The molecule has 2 aliphatic heterocycles. The molecule has 0 N–H and O–H groups in total. The zero-order chi connectivity index (χ0) is 53.7. The van der Waals surface area contributed by atoms with Gasteiger partial charge in [-0.1, -0.05) is 199 Å². The first-order chi connectivity index (χ1) is 37.0. The SMILES string of the molecule is C=CCCCO[C@@H]1O[C@H](CO[Si](C(C)C)(C(C)C)C(C)C)[C@@H](OCc2ccccc2)[C@H](O[C@H]2O[C@H](COCc3ccccc3)[C@@H](OCc3ccccc3)[C@H](OCc3ccccc3)[C@@H]2OC(C)=O)[C@@H]1OCc1ccccc1. The molecule has 2 heterocycles. The maximum absolute atomic E-state index is 13.6. The number of benzene rings is 5. The molecule has 0 amide bonds. The maximum atomic E-state index is 13.6. The lowest BCUT2D eigenvalue weighted by molar-refractivity contribution is -0.374. The Morgan fingerprint density at radius 2 is 0.895 bits per heavy atom. The monoisotopic (exact) mass is 1060 g/mol. The van der Waals surface area contributed by atoms with E-state index >= 15 is 0 Å². The predicted molar refractivity (Wildman–Crippen MR) is 296 cm³/mol. The Kier molecular flexibility index (Phi) is 23.5. The first-order valence-corrected chi connectivity index (χ1v) is 29.3. The average molecular weight is 1060 g/mol. The van der Waals surface area contributed by atoms with Crippen molar-refractivity contribution in [2.24, 2.45) is 0 Å². The summed E-state index contributed by atoms with van der Waals surface area (Å²) in [4.78, 5) is 13.6. The van der Waals surface area contributed by atoms with E-state index in [1.807, 2.05) is 158 Å². The average Bonchev–Trinajstić information content (AvgIpc) is 3.48. The van der Waals surface area contributed by atoms with Crippen LogP contribution in [0.4, 0.5) is 0 Å². The zero-order valence-corrected chi connectivity index (χ0v) is 46.7. The summed E-state index contributed by atoms with van der Waals surface area (Å²) in [5.41, 5.74) is 5.65. The summed E-state index contributed by atoms with van der Waals surface area (Å²) < 4.78 is 77.0. The van der Waals surface area contributed by atoms with Crippen molar-refractivity contribution in [3.8, 4) is 0 Å². The quantitative estimate of drug-likeness (QED) is 0.0188. The number of unbranched alkanes of at least 4 members (excludes halogenated alkanes) is 1. The van der Waals surface area contributed by atoms with Crippen LogP contribution in [0.3, 0.4) is 0 Å². The lowest BCUT2D eigenvalue weighted by Gasteiger charge is -2.51. The highest BCUT2D eigenvalue weighted by Crippen LogP contribution is 2.44. The van der Waals surface area contributed by atoms with E-state index in [1.54, 1.807) is 0 Å². The van der Waals surface area contributed by atoms with Gasteiger partial charge in [-0.3, -0.25) is 4.79 Å². The number of esters is 1. The van der Waals surface area contributed by atoms with E-state index < -0.39 is 75.7 Å². The molecule has 5 aromatic carbocycles. The van der Waals surface area contributed by atoms with Crippen LogP contribution in [0.25, 0.3) is 0 Å². The van der Waals surface area contributed by atoms with Crippen molar-refractivity contribution in [1.29, 1.82) is 0 Å². The third kappa shape index (κ3) is 16.6. The fraction of sp³-hybridized carbons (Fsp3) is 0.476. The van der Waals surface area contributed by atoms with Crippen molar-refractivity contribution >= 4 is 14.3 Å². The van der Waals surface area contributed by atoms with Crippen LogP contribution in [0.1, 0.15) is 89.1 Å². The van der Waals surface area contributed by atoms with E-state index in [1.165, 1.54) is 6.92 Å². The zero-order valence-electron chi connectivity index (χ0n) is 45.7. The summed E-state index contributed by atoms with van der Waals surface area (Å²) in [5, 5.41) is 0. The summed E-state index contributed by atoms with van der Waals surface area (Å²) in [6, 6.07) is 49.7. The molecule has 2 fully saturated rings. The fourth-order valence-electron chi connectivity index (χ4n) is 10.8. The standard InChI is InChI=1S/C63H82O12Si/c1-9-10-26-37-66-62-60(70-42-53-35-24-15-25-36-53)59(57(68-40-51-31-20-13-21-32-51)55(73-62)44-71-76(45(2)3,46(4)5)47(6)7)75-63-61(72-48(8)64)58(69-41-52-33-22-14-23-34-52)56(67-39-50-29-18-12-19-30-50)54(74-63)43-65-38-49-27-16-11-17-28-49/h9,11-25,27-36,45-47,54-63H,1,10,26,37-44H2,2-8H3/t54-,55-,56-,57-,58+,59+,60+,61+,62-,63-/m1/s1. The van der Waals surface area contributed by atoms with Gasteiger partial charge in [0.1, 0.15) is 42.7 Å². The molecule has 0 aliphatic carbocycles. The molecule has 7 rings (SSSR count). The minimum atomic E-state index is -2.48. The van der Waals surface area contributed by atoms with Gasteiger partial charge in [0.05, 0.1) is 52.9 Å². The van der Waals surface area contributed by atoms with E-state index in [-0.39, 0.29) is 39.6 Å². The van der Waals surface area contributed by atoms with E-state index in [0.29, 0.717) is 36.3 Å². The van der Waals surface area contributed by atoms with E-state index in [4.69, 9.17) is 51.8 Å². The minimum absolute atomic E-state index is 0.0830. The summed E-state index contributed by atoms with van der Waals surface area (Å²) >= 11 is 0. The first-order valence-electron chi connectivity index (χ1n) is 27.2. The Hall–Kier alpha value is -4.87. The third-order valence-corrected chi connectivity index (χ3v) is 20.4. The first kappa shape index (κ1) is 58.8. The van der Waals surface area contributed by atoms with E-state index in [2.05, 4.69) is 48.1 Å². The van der Waals surface area contributed by atoms with Crippen molar-refractivity contribution in [2.45, 2.75) is 172 Å². The van der Waals surface area contributed by atoms with Gasteiger partial charge in [-0.15, -0.1) is 6.58 Å². The van der Waals surface area contributed by atoms with Crippen LogP contribution in [-0.2, 0) is 89.6 Å². The van der Waals surface area contributed by atoms with Crippen LogP contribution in [0.15, 0.2) is 164 Å². The number of ether oxygens (including phenoxy) is 10. The lowest BCUT2D eigenvalue weighted by atomic mass is 9.95. The van der Waals surface area contributed by atoms with Gasteiger partial charge in [0.15, 0.2) is 27.0 Å². The van der Waals surface area contributed by atoms with Gasteiger partial charge in [-0.2, -0.15) is 0 Å². The smallest absolute Gasteiger partial charge is 0.303 e. The second-order valence-corrected chi connectivity index (χ2v) is 26.2. The molecule has 76 heavy (non-hydrogen) atoms. The largest absolute Gasteiger partial charge is 0.454 e. The number of allylic oxidation sites excluding steroid dienone is 1. The van der Waals surface area contributed by atoms with Gasteiger partial charge in [0.25, 0.3) is 0 Å². The second kappa shape index (κ2) is 30.3. The number of hydrogen-bond donors (Lipinski definition) is 0. The molecule has 0 spiro atoms.